The molecule has 0 atom stereocenters. The third kappa shape index (κ3) is 18.5. The molecule has 7 aromatic rings. The van der Waals surface area contributed by atoms with Gasteiger partial charge in [-0.3, -0.25) is 0 Å². The summed E-state index contributed by atoms with van der Waals surface area (Å²) in [5, 5.41) is 12.7. The summed E-state index contributed by atoms with van der Waals surface area (Å²) in [7, 11) is 0. The molecule has 0 aliphatic heterocycles. The van der Waals surface area contributed by atoms with Crippen molar-refractivity contribution in [3.8, 4) is 0 Å². The molecule has 0 N–H and O–H groups in total. The van der Waals surface area contributed by atoms with Gasteiger partial charge in [-0.25, -0.2) is 0 Å². The van der Waals surface area contributed by atoms with E-state index in [9.17, 15) is 0 Å². The summed E-state index contributed by atoms with van der Waals surface area (Å²) in [6.45, 7) is 16.6. The Morgan fingerprint density at radius 1 is 0.321 bits per heavy atom. The molecular weight excluding hydrogens is 1120 g/mol. The van der Waals surface area contributed by atoms with Crippen LogP contribution in [0.2, 0.25) is 14.8 Å². The Hall–Kier alpha value is -2.08. The number of thiophene rings is 2. The van der Waals surface area contributed by atoms with E-state index in [1.54, 1.807) is 83.2 Å². The Morgan fingerprint density at radius 3 is 0.988 bits per heavy atom. The van der Waals surface area contributed by atoms with Gasteiger partial charge in [-0.2, -0.15) is 0 Å². The summed E-state index contributed by atoms with van der Waals surface area (Å²) in [4.78, 5) is 9.51. The van der Waals surface area contributed by atoms with E-state index in [2.05, 4.69) is 127 Å². The van der Waals surface area contributed by atoms with Gasteiger partial charge in [-0.1, -0.05) is 137 Å². The second-order valence-corrected chi connectivity index (χ2v) is 44.9. The SMILES string of the molecule is CCCCCCCCc1c(CCCCCCCC)c2cc(C)sc2c2cc3c(cc12)c1cc2c(CCCCCCCC)c(CCCCCCCC)c4c[c]([Sn]([CH3])([CH3])[CH3])sc4c2cc1n3C(CCCCCCCC)CCCCCCCC. The fourth-order valence-electron chi connectivity index (χ4n) is 14.4. The smallest absolute Gasteiger partial charge is 0.0654 e. The van der Waals surface area contributed by atoms with E-state index >= 15 is 0 Å². The monoisotopic (exact) mass is 1240 g/mol. The molecule has 0 fully saturated rings. The number of aryl methyl sites for hydroxylation is 5. The van der Waals surface area contributed by atoms with Crippen LogP contribution in [-0.2, 0) is 25.7 Å². The Labute approximate surface area is 510 Å². The van der Waals surface area contributed by atoms with Gasteiger partial charge < -0.3 is 0 Å². The normalized spacial score (nSPS) is 12.5. The molecule has 81 heavy (non-hydrogen) atoms. The van der Waals surface area contributed by atoms with E-state index in [4.69, 9.17) is 0 Å². The standard InChI is InChI=1S/C74H112NS2.3CH3.Sn/c1-8-14-20-26-32-38-44-58(45-39-33-27-21-15-9-2)75-71-55-69-64(60(47-41-35-29-23-17-11-4)59(63-50-51-76-73(63)69)46-40-34-28-22-16-10-3)53-66(71)67-54-65-61(48-42-36-30-24-18-12-5)62(49-43-37-31-25-19-13-6)68-52-57(7)77-74(68)70(65)56-72(67)75;;;;/h50,52-56,58H,8-49H2,1-7H3;3*1H3;. The van der Waals surface area contributed by atoms with Crippen molar-refractivity contribution in [1.29, 1.82) is 0 Å². The first-order valence-corrected chi connectivity index (χ1v) is 47.1. The first-order chi connectivity index (χ1) is 39.6. The third-order valence-corrected chi connectivity index (χ3v) is 30.9. The minimum Gasteiger partial charge on any atom is -0.0654 e. The molecular formula is C77H121NS2Sn. The van der Waals surface area contributed by atoms with Crippen molar-refractivity contribution in [3.63, 3.8) is 0 Å². The summed E-state index contributed by atoms with van der Waals surface area (Å²) >= 11 is 1.89. The van der Waals surface area contributed by atoms with Gasteiger partial charge in [-0.15, -0.1) is 0 Å². The molecule has 450 valence electrons. The average molecular weight is 1240 g/mol. The van der Waals surface area contributed by atoms with E-state index in [0.29, 0.717) is 6.04 Å². The van der Waals surface area contributed by atoms with Crippen molar-refractivity contribution in [2.75, 3.05) is 0 Å². The van der Waals surface area contributed by atoms with Crippen LogP contribution in [-0.4, -0.2) is 22.9 Å². The van der Waals surface area contributed by atoms with Crippen LogP contribution in [0.3, 0.4) is 0 Å². The molecule has 1 nitrogen and oxygen atoms in total. The molecule has 0 aliphatic carbocycles. The summed E-state index contributed by atoms with van der Waals surface area (Å²) in [6.07, 6.45) is 56.4. The van der Waals surface area contributed by atoms with Crippen molar-refractivity contribution in [3.05, 3.63) is 63.5 Å². The second-order valence-electron chi connectivity index (χ2n) is 27.2. The van der Waals surface area contributed by atoms with Crippen LogP contribution in [0.4, 0.5) is 0 Å². The average Bonchev–Trinajstić information content (AvgIpc) is 4.05. The molecule has 3 aromatic heterocycles. The maximum absolute atomic E-state index is 3.03. The molecule has 0 spiro atoms. The van der Waals surface area contributed by atoms with E-state index in [1.807, 2.05) is 0 Å². The van der Waals surface area contributed by atoms with Crippen LogP contribution in [0.1, 0.15) is 319 Å². The number of benzene rings is 4. The van der Waals surface area contributed by atoms with Crippen LogP contribution in [0.25, 0.3) is 63.5 Å². The van der Waals surface area contributed by atoms with Crippen LogP contribution in [0.15, 0.2) is 36.4 Å². The molecule has 0 radical (unpaired) electrons. The van der Waals surface area contributed by atoms with Crippen LogP contribution in [0.5, 0.6) is 0 Å². The van der Waals surface area contributed by atoms with Crippen molar-refractivity contribution in [2.45, 2.75) is 339 Å². The zero-order chi connectivity index (χ0) is 57.4. The topological polar surface area (TPSA) is 4.93 Å². The molecule has 0 aliphatic rings. The summed E-state index contributed by atoms with van der Waals surface area (Å²) < 4.78 is 8.00. The van der Waals surface area contributed by atoms with Gasteiger partial charge in [-0.05, 0) is 32.3 Å². The van der Waals surface area contributed by atoms with Crippen LogP contribution >= 0.6 is 22.7 Å². The number of fused-ring (bicyclic) bond motifs is 9. The van der Waals surface area contributed by atoms with Gasteiger partial charge in [0.05, 0.1) is 0 Å². The Kier molecular flexibility index (Phi) is 29.1. The Balaban J connectivity index is 1.53. The summed E-state index contributed by atoms with van der Waals surface area (Å²) in [5.74, 6) is 0. The minimum atomic E-state index is -2.45. The van der Waals surface area contributed by atoms with Crippen LogP contribution < -0.4 is 2.89 Å². The van der Waals surface area contributed by atoms with E-state index < -0.39 is 18.4 Å². The van der Waals surface area contributed by atoms with Gasteiger partial charge in [0.15, 0.2) is 0 Å². The predicted molar refractivity (Wildman–Crippen MR) is 376 cm³/mol. The molecule has 0 bridgehead atoms. The summed E-state index contributed by atoms with van der Waals surface area (Å²) in [5.41, 5.74) is 9.98. The first-order valence-electron chi connectivity index (χ1n) is 35.5. The molecule has 0 unspecified atom stereocenters. The molecule has 0 saturated heterocycles. The van der Waals surface area contributed by atoms with Crippen LogP contribution in [0, 0.1) is 6.92 Å². The number of hydrogen-bond acceptors (Lipinski definition) is 2. The van der Waals surface area contributed by atoms with Gasteiger partial charge >= 0.3 is 340 Å². The second kappa shape index (κ2) is 35.5. The molecule has 0 saturated carbocycles. The van der Waals surface area contributed by atoms with Crippen molar-refractivity contribution in [1.82, 2.24) is 4.57 Å². The quantitative estimate of drug-likeness (QED) is 0.0265. The van der Waals surface area contributed by atoms with E-state index in [1.165, 1.54) is 280 Å². The number of unbranched alkanes of at least 4 members (excludes halogenated alkanes) is 30. The molecule has 0 amide bonds. The molecule has 4 aromatic carbocycles. The predicted octanol–water partition coefficient (Wildman–Crippen LogP) is 27.0. The zero-order valence-corrected chi connectivity index (χ0v) is 59.0. The number of aromatic nitrogens is 1. The first kappa shape index (κ1) is 66.4. The number of rotatable bonds is 44. The Morgan fingerprint density at radius 2 is 0.630 bits per heavy atom. The van der Waals surface area contributed by atoms with Gasteiger partial charge in [0.1, 0.15) is 0 Å². The van der Waals surface area contributed by atoms with Gasteiger partial charge in [0.2, 0.25) is 0 Å². The number of hydrogen-bond donors (Lipinski definition) is 0. The van der Waals surface area contributed by atoms with Crippen molar-refractivity contribution >= 4 is 107 Å². The van der Waals surface area contributed by atoms with Gasteiger partial charge in [0.25, 0.3) is 0 Å². The van der Waals surface area contributed by atoms with Crippen molar-refractivity contribution < 1.29 is 0 Å². The summed E-state index contributed by atoms with van der Waals surface area (Å²) in [6, 6.07) is 17.3. The van der Waals surface area contributed by atoms with E-state index in [-0.39, 0.29) is 0 Å². The maximum atomic E-state index is 3.03. The molecule has 4 heteroatoms. The third-order valence-electron chi connectivity index (χ3n) is 19.2. The zero-order valence-electron chi connectivity index (χ0n) is 54.5. The van der Waals surface area contributed by atoms with Gasteiger partial charge in [0, 0.05) is 4.88 Å². The van der Waals surface area contributed by atoms with Crippen molar-refractivity contribution in [2.24, 2.45) is 0 Å². The fraction of sp³-hybridized carbons (Fsp3) is 0.688. The number of nitrogens with zero attached hydrogens (tertiary/aromatic N) is 1. The Bertz CT molecular complexity index is 2920. The molecule has 7 rings (SSSR count). The fourth-order valence-corrected chi connectivity index (χ4v) is 21.9. The van der Waals surface area contributed by atoms with E-state index in [0.717, 1.165) is 0 Å². The molecule has 3 heterocycles. The minimum absolute atomic E-state index is 0.502.